The van der Waals surface area contributed by atoms with Crippen molar-refractivity contribution in [1.29, 1.82) is 0 Å². The standard InChI is InChI=1S/C28H31N3O5S/c1-3-13-31-14-12-21-19(15-31)24(17-8-4-6-10-20(17)29-21)28(34)36-16-23(32)30-26-25(27(33)35-2)18-9-5-7-11-22(18)37-26/h4,6,8,10H,3,5,7,9,11-16H2,1-2H3,(H,30,32). The van der Waals surface area contributed by atoms with Crippen molar-refractivity contribution < 1.29 is 23.9 Å². The maximum atomic E-state index is 13.4. The lowest BCUT2D eigenvalue weighted by Crippen LogP contribution is -2.33. The van der Waals surface area contributed by atoms with E-state index in [-0.39, 0.29) is 0 Å². The lowest BCUT2D eigenvalue weighted by molar-refractivity contribution is -0.119. The van der Waals surface area contributed by atoms with Crippen LogP contribution < -0.4 is 5.32 Å². The van der Waals surface area contributed by atoms with Gasteiger partial charge in [0.1, 0.15) is 5.00 Å². The molecule has 1 aliphatic heterocycles. The van der Waals surface area contributed by atoms with Gasteiger partial charge in [0.15, 0.2) is 6.61 Å². The molecule has 0 atom stereocenters. The van der Waals surface area contributed by atoms with Gasteiger partial charge in [0.05, 0.1) is 23.8 Å². The van der Waals surface area contributed by atoms with E-state index in [1.807, 2.05) is 24.3 Å². The Balaban J connectivity index is 1.36. The molecule has 1 amide bonds. The molecule has 1 aliphatic carbocycles. The Morgan fingerprint density at radius 2 is 1.86 bits per heavy atom. The van der Waals surface area contributed by atoms with Crippen molar-refractivity contribution in [3.05, 3.63) is 57.1 Å². The molecule has 37 heavy (non-hydrogen) atoms. The number of para-hydroxylation sites is 1. The lowest BCUT2D eigenvalue weighted by Gasteiger charge is -2.29. The molecule has 5 rings (SSSR count). The first-order chi connectivity index (χ1) is 18.0. The number of pyridine rings is 1. The van der Waals surface area contributed by atoms with Gasteiger partial charge in [0.2, 0.25) is 0 Å². The number of methoxy groups -OCH3 is 1. The predicted octanol–water partition coefficient (Wildman–Crippen LogP) is 4.53. The number of hydrogen-bond acceptors (Lipinski definition) is 8. The summed E-state index contributed by atoms with van der Waals surface area (Å²) in [6, 6.07) is 7.54. The first kappa shape index (κ1) is 25.4. The molecule has 1 aromatic carbocycles. The fraction of sp³-hybridized carbons (Fsp3) is 0.429. The number of anilines is 1. The number of rotatable bonds is 7. The Hall–Kier alpha value is -3.30. The molecular weight excluding hydrogens is 490 g/mol. The monoisotopic (exact) mass is 521 g/mol. The number of ether oxygens (including phenoxy) is 2. The second-order valence-electron chi connectivity index (χ2n) is 9.49. The topological polar surface area (TPSA) is 97.8 Å². The highest BCUT2D eigenvalue weighted by atomic mass is 32.1. The smallest absolute Gasteiger partial charge is 0.341 e. The molecule has 194 valence electrons. The molecular formula is C28H31N3O5S. The van der Waals surface area contributed by atoms with E-state index in [0.29, 0.717) is 22.7 Å². The van der Waals surface area contributed by atoms with Crippen LogP contribution in [0, 0.1) is 0 Å². The van der Waals surface area contributed by atoms with Crippen LogP contribution >= 0.6 is 11.3 Å². The third-order valence-electron chi connectivity index (χ3n) is 7.02. The summed E-state index contributed by atoms with van der Waals surface area (Å²) in [6.07, 6.45) is 5.51. The molecule has 3 heterocycles. The van der Waals surface area contributed by atoms with E-state index >= 15 is 0 Å². The van der Waals surface area contributed by atoms with E-state index < -0.39 is 24.5 Å². The van der Waals surface area contributed by atoms with Gasteiger partial charge in [-0.05, 0) is 50.3 Å². The molecule has 0 saturated heterocycles. The lowest BCUT2D eigenvalue weighted by atomic mass is 9.95. The number of aromatic nitrogens is 1. The molecule has 2 aromatic heterocycles. The Bertz CT molecular complexity index is 1370. The minimum absolute atomic E-state index is 0.423. The number of carbonyl (C=O) groups excluding carboxylic acids is 3. The van der Waals surface area contributed by atoms with Gasteiger partial charge >= 0.3 is 11.9 Å². The molecule has 0 fully saturated rings. The van der Waals surface area contributed by atoms with Gasteiger partial charge < -0.3 is 14.8 Å². The zero-order chi connectivity index (χ0) is 25.9. The van der Waals surface area contributed by atoms with E-state index in [1.165, 1.54) is 18.4 Å². The van der Waals surface area contributed by atoms with Crippen molar-refractivity contribution in [1.82, 2.24) is 9.88 Å². The molecule has 1 N–H and O–H groups in total. The number of nitrogens with zero attached hydrogens (tertiary/aromatic N) is 2. The fourth-order valence-electron chi connectivity index (χ4n) is 5.32. The van der Waals surface area contributed by atoms with E-state index in [4.69, 9.17) is 14.5 Å². The number of fused-ring (bicyclic) bond motifs is 3. The Labute approximate surface area is 220 Å². The van der Waals surface area contributed by atoms with Crippen LogP contribution in [0.4, 0.5) is 5.00 Å². The van der Waals surface area contributed by atoms with E-state index in [1.54, 1.807) is 0 Å². The molecule has 8 nitrogen and oxygen atoms in total. The molecule has 9 heteroatoms. The van der Waals surface area contributed by atoms with Crippen molar-refractivity contribution in [3.63, 3.8) is 0 Å². The average Bonchev–Trinajstić information content (AvgIpc) is 3.27. The van der Waals surface area contributed by atoms with Crippen LogP contribution in [0.1, 0.15) is 68.6 Å². The number of thiophene rings is 1. The van der Waals surface area contributed by atoms with E-state index in [2.05, 4.69) is 17.1 Å². The molecule has 0 spiro atoms. The fourth-order valence-corrected chi connectivity index (χ4v) is 6.62. The van der Waals surface area contributed by atoms with Crippen molar-refractivity contribution in [2.75, 3.05) is 32.1 Å². The van der Waals surface area contributed by atoms with Crippen LogP contribution in [0.5, 0.6) is 0 Å². The summed E-state index contributed by atoms with van der Waals surface area (Å²) in [4.78, 5) is 47.0. The summed E-state index contributed by atoms with van der Waals surface area (Å²) in [5.74, 6) is -1.49. The average molecular weight is 522 g/mol. The minimum Gasteiger partial charge on any atom is -0.465 e. The minimum atomic E-state index is -0.540. The van der Waals surface area contributed by atoms with Gasteiger partial charge in [-0.15, -0.1) is 11.3 Å². The Morgan fingerprint density at radius 3 is 2.68 bits per heavy atom. The first-order valence-corrected chi connectivity index (χ1v) is 13.6. The number of carbonyl (C=O) groups is 3. The third-order valence-corrected chi connectivity index (χ3v) is 8.22. The van der Waals surface area contributed by atoms with Crippen LogP contribution in [0.3, 0.4) is 0 Å². The molecule has 0 radical (unpaired) electrons. The normalized spacial score (nSPS) is 15.1. The molecule has 0 saturated carbocycles. The summed E-state index contributed by atoms with van der Waals surface area (Å²) in [6.45, 7) is 4.15. The summed E-state index contributed by atoms with van der Waals surface area (Å²) < 4.78 is 10.5. The van der Waals surface area contributed by atoms with Crippen LogP contribution in [0.15, 0.2) is 24.3 Å². The van der Waals surface area contributed by atoms with Gasteiger partial charge in [0, 0.05) is 41.0 Å². The largest absolute Gasteiger partial charge is 0.465 e. The predicted molar refractivity (Wildman–Crippen MR) is 142 cm³/mol. The molecule has 3 aromatic rings. The van der Waals surface area contributed by atoms with Crippen molar-refractivity contribution >= 4 is 45.1 Å². The van der Waals surface area contributed by atoms with Crippen molar-refractivity contribution in [2.24, 2.45) is 0 Å². The van der Waals surface area contributed by atoms with Gasteiger partial charge in [-0.3, -0.25) is 14.7 Å². The second-order valence-corrected chi connectivity index (χ2v) is 10.6. The number of benzene rings is 1. The highest BCUT2D eigenvalue weighted by molar-refractivity contribution is 7.17. The summed E-state index contributed by atoms with van der Waals surface area (Å²) in [5.41, 5.74) is 4.40. The van der Waals surface area contributed by atoms with E-state index in [9.17, 15) is 14.4 Å². The van der Waals surface area contributed by atoms with Crippen LogP contribution in [-0.4, -0.2) is 54.5 Å². The van der Waals surface area contributed by atoms with Crippen LogP contribution in [0.25, 0.3) is 10.9 Å². The van der Waals surface area contributed by atoms with Gasteiger partial charge in [-0.1, -0.05) is 25.1 Å². The Morgan fingerprint density at radius 1 is 1.05 bits per heavy atom. The summed E-state index contributed by atoms with van der Waals surface area (Å²) in [5, 5.41) is 3.98. The number of aryl methyl sites for hydroxylation is 1. The first-order valence-electron chi connectivity index (χ1n) is 12.8. The summed E-state index contributed by atoms with van der Waals surface area (Å²) in [7, 11) is 1.34. The molecule has 0 bridgehead atoms. The number of amides is 1. The zero-order valence-corrected chi connectivity index (χ0v) is 22.0. The number of nitrogens with one attached hydrogen (secondary N) is 1. The number of esters is 2. The third kappa shape index (κ3) is 5.10. The summed E-state index contributed by atoms with van der Waals surface area (Å²) >= 11 is 1.40. The van der Waals surface area contributed by atoms with E-state index in [0.717, 1.165) is 84.2 Å². The Kier molecular flexibility index (Phi) is 7.53. The van der Waals surface area contributed by atoms with Crippen molar-refractivity contribution in [2.45, 2.75) is 52.0 Å². The maximum Gasteiger partial charge on any atom is 0.341 e. The van der Waals surface area contributed by atoms with Gasteiger partial charge in [-0.25, -0.2) is 9.59 Å². The van der Waals surface area contributed by atoms with Crippen LogP contribution in [0.2, 0.25) is 0 Å². The maximum absolute atomic E-state index is 13.4. The van der Waals surface area contributed by atoms with Gasteiger partial charge in [-0.2, -0.15) is 0 Å². The van der Waals surface area contributed by atoms with Gasteiger partial charge in [0.25, 0.3) is 5.91 Å². The highest BCUT2D eigenvalue weighted by Gasteiger charge is 2.29. The van der Waals surface area contributed by atoms with Crippen molar-refractivity contribution in [3.8, 4) is 0 Å². The second kappa shape index (κ2) is 11.0. The number of hydrogen-bond donors (Lipinski definition) is 1. The van der Waals surface area contributed by atoms with Crippen LogP contribution in [-0.2, 0) is 40.1 Å². The zero-order valence-electron chi connectivity index (χ0n) is 21.2. The highest BCUT2D eigenvalue weighted by Crippen LogP contribution is 2.38. The SMILES string of the molecule is CCCN1CCc2nc3ccccc3c(C(=O)OCC(=O)Nc3sc4c(c3C(=O)OC)CCCC4)c2C1. The molecule has 2 aliphatic rings. The quantitative estimate of drug-likeness (QED) is 0.456. The molecule has 0 unspecified atom stereocenters.